The van der Waals surface area contributed by atoms with Crippen LogP contribution in [0.25, 0.3) is 11.0 Å². The number of furan rings is 1. The van der Waals surface area contributed by atoms with Gasteiger partial charge in [-0.3, -0.25) is 30.0 Å². The van der Waals surface area contributed by atoms with Gasteiger partial charge < -0.3 is 9.73 Å². The van der Waals surface area contributed by atoms with Crippen molar-refractivity contribution in [3.05, 3.63) is 27.9 Å². The van der Waals surface area contributed by atoms with E-state index < -0.39 is 27.7 Å². The fourth-order valence-corrected chi connectivity index (χ4v) is 3.37. The fourth-order valence-electron chi connectivity index (χ4n) is 2.15. The predicted molar refractivity (Wildman–Crippen MR) is 102 cm³/mol. The van der Waals surface area contributed by atoms with E-state index in [2.05, 4.69) is 36.8 Å². The highest BCUT2D eigenvalue weighted by Crippen LogP contribution is 2.34. The van der Waals surface area contributed by atoms with Gasteiger partial charge in [0.25, 0.3) is 5.91 Å². The van der Waals surface area contributed by atoms with E-state index in [0.717, 1.165) is 0 Å². The number of nitrogens with one attached hydrogen (secondary N) is 4. The van der Waals surface area contributed by atoms with E-state index >= 15 is 0 Å². The van der Waals surface area contributed by atoms with Crippen LogP contribution in [0.15, 0.2) is 21.0 Å². The Kier molecular flexibility index (Phi) is 6.11. The number of amides is 3. The van der Waals surface area contributed by atoms with Gasteiger partial charge in [0.05, 0.1) is 17.0 Å². The van der Waals surface area contributed by atoms with Crippen LogP contribution in [0, 0.1) is 0 Å². The lowest BCUT2D eigenvalue weighted by Gasteiger charge is -2.08. The molecule has 2 aromatic rings. The average molecular weight is 461 g/mol. The van der Waals surface area contributed by atoms with E-state index in [1.165, 1.54) is 33.0 Å². The van der Waals surface area contributed by atoms with E-state index in [0.29, 0.717) is 4.47 Å². The number of carbonyl (C=O) groups is 3. The minimum absolute atomic E-state index is 0.0547. The highest BCUT2D eigenvalue weighted by Gasteiger charge is 2.26. The van der Waals surface area contributed by atoms with Gasteiger partial charge in [-0.05, 0) is 28.9 Å². The summed E-state index contributed by atoms with van der Waals surface area (Å²) in [5.74, 6) is -2.41. The standard InChI is InChI=1S/C15H17BrN4O6S/c1-4-27(24,25)20-10-6-11-8(5-9(10)16)12(14(22)17-3)13(26-11)15(23)19-18-7(2)21/h5-6,20H,4H2,1-3H3,(H,17,22)(H,18,21)(H,19,23). The molecule has 146 valence electrons. The van der Waals surface area contributed by atoms with Crippen molar-refractivity contribution in [2.24, 2.45) is 0 Å². The molecule has 0 aliphatic carbocycles. The second-order valence-corrected chi connectivity index (χ2v) is 8.22. The number of hydrazine groups is 1. The van der Waals surface area contributed by atoms with Gasteiger partial charge in [0.15, 0.2) is 0 Å². The van der Waals surface area contributed by atoms with Gasteiger partial charge in [-0.1, -0.05) is 0 Å². The average Bonchev–Trinajstić information content (AvgIpc) is 2.97. The quantitative estimate of drug-likeness (QED) is 0.491. The number of carbonyl (C=O) groups excluding carboxylic acids is 3. The summed E-state index contributed by atoms with van der Waals surface area (Å²) in [5, 5.41) is 2.69. The lowest BCUT2D eigenvalue weighted by atomic mass is 10.1. The molecule has 0 atom stereocenters. The molecule has 0 radical (unpaired) electrons. The topological polar surface area (TPSA) is 147 Å². The number of benzene rings is 1. The molecule has 0 aliphatic heterocycles. The van der Waals surface area contributed by atoms with Crippen molar-refractivity contribution in [1.82, 2.24) is 16.2 Å². The second-order valence-electron chi connectivity index (χ2n) is 5.35. The second kappa shape index (κ2) is 7.96. The zero-order chi connectivity index (χ0) is 20.4. The van der Waals surface area contributed by atoms with Gasteiger partial charge in [-0.2, -0.15) is 0 Å². The van der Waals surface area contributed by atoms with Crippen molar-refractivity contribution in [3.8, 4) is 0 Å². The molecule has 0 unspecified atom stereocenters. The number of halogens is 1. The maximum atomic E-state index is 12.3. The number of hydrogen-bond donors (Lipinski definition) is 4. The van der Waals surface area contributed by atoms with Gasteiger partial charge in [-0.25, -0.2) is 8.42 Å². The highest BCUT2D eigenvalue weighted by atomic mass is 79.9. The van der Waals surface area contributed by atoms with Crippen LogP contribution in [0.2, 0.25) is 0 Å². The normalized spacial score (nSPS) is 11.1. The molecule has 10 nitrogen and oxygen atoms in total. The number of fused-ring (bicyclic) bond motifs is 1. The summed E-state index contributed by atoms with van der Waals surface area (Å²) < 4.78 is 31.8. The smallest absolute Gasteiger partial charge is 0.306 e. The number of anilines is 1. The van der Waals surface area contributed by atoms with Crippen molar-refractivity contribution in [2.75, 3.05) is 17.5 Å². The van der Waals surface area contributed by atoms with Gasteiger partial charge in [0, 0.05) is 29.9 Å². The molecule has 3 amide bonds. The molecular weight excluding hydrogens is 444 g/mol. The van der Waals surface area contributed by atoms with Crippen molar-refractivity contribution in [3.63, 3.8) is 0 Å². The van der Waals surface area contributed by atoms with Crippen LogP contribution >= 0.6 is 15.9 Å². The molecule has 0 spiro atoms. The van der Waals surface area contributed by atoms with Gasteiger partial charge in [-0.15, -0.1) is 0 Å². The van der Waals surface area contributed by atoms with Crippen molar-refractivity contribution in [1.29, 1.82) is 0 Å². The summed E-state index contributed by atoms with van der Waals surface area (Å²) in [6.07, 6.45) is 0. The van der Waals surface area contributed by atoms with Crippen LogP contribution < -0.4 is 20.9 Å². The maximum absolute atomic E-state index is 12.3. The minimum atomic E-state index is -3.55. The van der Waals surface area contributed by atoms with Crippen molar-refractivity contribution < 1.29 is 27.2 Å². The zero-order valence-corrected chi connectivity index (χ0v) is 17.0. The molecule has 1 aromatic carbocycles. The Morgan fingerprint density at radius 1 is 1.15 bits per heavy atom. The molecule has 0 fully saturated rings. The first kappa shape index (κ1) is 20.7. The summed E-state index contributed by atoms with van der Waals surface area (Å²) in [4.78, 5) is 35.5. The van der Waals surface area contributed by atoms with E-state index in [9.17, 15) is 22.8 Å². The Bertz CT molecular complexity index is 1030. The Balaban J connectivity index is 2.61. The Labute approximate surface area is 163 Å². The van der Waals surface area contributed by atoms with Gasteiger partial charge in [0.1, 0.15) is 5.58 Å². The maximum Gasteiger partial charge on any atom is 0.306 e. The van der Waals surface area contributed by atoms with E-state index in [4.69, 9.17) is 4.42 Å². The van der Waals surface area contributed by atoms with Gasteiger partial charge >= 0.3 is 5.91 Å². The molecule has 0 bridgehead atoms. The SMILES string of the molecule is CCS(=O)(=O)Nc1cc2oc(C(=O)NNC(C)=O)c(C(=O)NC)c2cc1Br. The van der Waals surface area contributed by atoms with Crippen LogP contribution in [0.5, 0.6) is 0 Å². The molecule has 0 aliphatic rings. The molecule has 4 N–H and O–H groups in total. The third-order valence-corrected chi connectivity index (χ3v) is 5.38. The lowest BCUT2D eigenvalue weighted by Crippen LogP contribution is -2.40. The third-order valence-electron chi connectivity index (χ3n) is 3.44. The number of sulfonamides is 1. The van der Waals surface area contributed by atoms with Crippen molar-refractivity contribution in [2.45, 2.75) is 13.8 Å². The molecule has 12 heteroatoms. The van der Waals surface area contributed by atoms with Gasteiger partial charge in [0.2, 0.25) is 21.7 Å². The van der Waals surface area contributed by atoms with E-state index in [1.807, 2.05) is 0 Å². The Morgan fingerprint density at radius 3 is 2.37 bits per heavy atom. The third kappa shape index (κ3) is 4.57. The number of hydrogen-bond acceptors (Lipinski definition) is 6. The monoisotopic (exact) mass is 460 g/mol. The van der Waals surface area contributed by atoms with E-state index in [1.54, 1.807) is 0 Å². The van der Waals surface area contributed by atoms with Crippen LogP contribution in [0.4, 0.5) is 5.69 Å². The fraction of sp³-hybridized carbons (Fsp3) is 0.267. The first-order valence-corrected chi connectivity index (χ1v) is 10.1. The van der Waals surface area contributed by atoms with Crippen LogP contribution in [-0.4, -0.2) is 38.9 Å². The Hall–Kier alpha value is -2.60. The number of rotatable bonds is 5. The molecule has 1 heterocycles. The Morgan fingerprint density at radius 2 is 1.81 bits per heavy atom. The van der Waals surface area contributed by atoms with Crippen molar-refractivity contribution >= 4 is 60.3 Å². The summed E-state index contributed by atoms with van der Waals surface area (Å²) in [6, 6.07) is 2.82. The predicted octanol–water partition coefficient (Wildman–Crippen LogP) is 1.10. The summed E-state index contributed by atoms with van der Waals surface area (Å²) in [5.41, 5.74) is 4.47. The van der Waals surface area contributed by atoms with Crippen LogP contribution in [0.1, 0.15) is 34.8 Å². The first-order chi connectivity index (χ1) is 12.6. The minimum Gasteiger partial charge on any atom is -0.450 e. The van der Waals surface area contributed by atoms with Crippen LogP contribution in [-0.2, 0) is 14.8 Å². The van der Waals surface area contributed by atoms with Crippen LogP contribution in [0.3, 0.4) is 0 Å². The molecule has 1 aromatic heterocycles. The molecule has 0 saturated carbocycles. The summed E-state index contributed by atoms with van der Waals surface area (Å²) >= 11 is 3.24. The zero-order valence-electron chi connectivity index (χ0n) is 14.6. The molecule has 0 saturated heterocycles. The highest BCUT2D eigenvalue weighted by molar-refractivity contribution is 9.10. The first-order valence-electron chi connectivity index (χ1n) is 7.65. The summed E-state index contributed by atoms with van der Waals surface area (Å²) in [7, 11) is -2.17. The summed E-state index contributed by atoms with van der Waals surface area (Å²) in [6.45, 7) is 2.68. The molecular formula is C15H17BrN4O6S. The largest absolute Gasteiger partial charge is 0.450 e. The lowest BCUT2D eigenvalue weighted by molar-refractivity contribution is -0.119. The molecule has 2 rings (SSSR count). The van der Waals surface area contributed by atoms with E-state index in [-0.39, 0.29) is 33.7 Å². The molecule has 27 heavy (non-hydrogen) atoms.